The number of azide groups is 1. The second-order valence-electron chi connectivity index (χ2n) is 6.84. The molecule has 0 fully saturated rings. The molecule has 17 heteroatoms. The minimum Gasteiger partial charge on any atom is -0.462 e. The third-order valence-electron chi connectivity index (χ3n) is 4.23. The Kier molecular flexibility index (Phi) is 17.8. The molecule has 0 radical (unpaired) electrons. The van der Waals surface area contributed by atoms with Gasteiger partial charge in [-0.25, -0.2) is 17.6 Å². The molecule has 0 heterocycles. The number of hydrogen-bond acceptors (Lipinski definition) is 9. The van der Waals surface area contributed by atoms with Gasteiger partial charge in [-0.15, -0.1) is 11.6 Å². The van der Waals surface area contributed by atoms with E-state index in [1.165, 1.54) is 0 Å². The highest BCUT2D eigenvalue weighted by molar-refractivity contribution is 6.26. The molecule has 1 rings (SSSR count). The van der Waals surface area contributed by atoms with Crippen molar-refractivity contribution in [1.29, 1.82) is 0 Å². The SMILES string of the molecule is [N-]=[N+]=Nc1c(F)c(F)c(C(=O)NCCOCCOCCOCCOCCOCCOC(=O)CCl)c(F)c1F. The maximum absolute atomic E-state index is 13.9. The van der Waals surface area contributed by atoms with Gasteiger partial charge in [-0.05, 0) is 5.53 Å². The van der Waals surface area contributed by atoms with E-state index in [-0.39, 0.29) is 52.1 Å². The standard InChI is InChI=1S/C21H27ClF4N4O8/c22-13-14(31)38-12-11-37-10-9-36-8-7-35-6-5-34-4-3-33-2-1-28-21(32)15-16(23)18(25)20(29-30-27)19(26)17(15)24/h1-13H2,(H,28,32). The molecule has 38 heavy (non-hydrogen) atoms. The van der Waals surface area contributed by atoms with E-state index >= 15 is 0 Å². The van der Waals surface area contributed by atoms with Gasteiger partial charge in [-0.3, -0.25) is 9.59 Å². The van der Waals surface area contributed by atoms with Crippen molar-refractivity contribution in [3.05, 3.63) is 39.3 Å². The first-order valence-electron chi connectivity index (χ1n) is 11.1. The second-order valence-corrected chi connectivity index (χ2v) is 7.11. The molecular weight excluding hydrogens is 548 g/mol. The number of rotatable bonds is 21. The van der Waals surface area contributed by atoms with Gasteiger partial charge in [0, 0.05) is 11.5 Å². The van der Waals surface area contributed by atoms with Gasteiger partial charge in [0.15, 0.2) is 23.3 Å². The lowest BCUT2D eigenvalue weighted by Gasteiger charge is -2.10. The van der Waals surface area contributed by atoms with Crippen LogP contribution in [0.3, 0.4) is 0 Å². The first kappa shape index (κ1) is 33.3. The summed E-state index contributed by atoms with van der Waals surface area (Å²) < 4.78 is 86.3. The minimum atomic E-state index is -1.99. The van der Waals surface area contributed by atoms with E-state index in [0.29, 0.717) is 33.0 Å². The van der Waals surface area contributed by atoms with Gasteiger partial charge >= 0.3 is 5.97 Å². The smallest absolute Gasteiger partial charge is 0.320 e. The number of benzene rings is 1. The highest BCUT2D eigenvalue weighted by Crippen LogP contribution is 2.30. The summed E-state index contributed by atoms with van der Waals surface area (Å²) >= 11 is 5.27. The van der Waals surface area contributed by atoms with Crippen LogP contribution in [-0.2, 0) is 33.2 Å². The third kappa shape index (κ3) is 12.7. The lowest BCUT2D eigenvalue weighted by molar-refractivity contribution is -0.142. The highest BCUT2D eigenvalue weighted by atomic mass is 35.5. The van der Waals surface area contributed by atoms with Crippen LogP contribution in [0, 0.1) is 23.3 Å². The number of esters is 1. The molecule has 0 saturated carbocycles. The molecule has 0 aliphatic rings. The van der Waals surface area contributed by atoms with Crippen molar-refractivity contribution >= 4 is 29.2 Å². The molecule has 214 valence electrons. The third-order valence-corrected chi connectivity index (χ3v) is 4.45. The molecule has 12 nitrogen and oxygen atoms in total. The summed E-state index contributed by atoms with van der Waals surface area (Å²) in [5.41, 5.74) is 5.22. The van der Waals surface area contributed by atoms with Gasteiger partial charge in [0.1, 0.15) is 23.7 Å². The molecular formula is C21H27ClF4N4O8. The van der Waals surface area contributed by atoms with Crippen molar-refractivity contribution in [2.45, 2.75) is 0 Å². The normalized spacial score (nSPS) is 10.8. The summed E-state index contributed by atoms with van der Waals surface area (Å²) in [4.78, 5) is 24.8. The number of nitrogens with zero attached hydrogens (tertiary/aromatic N) is 3. The van der Waals surface area contributed by atoms with Crippen molar-refractivity contribution in [2.24, 2.45) is 5.11 Å². The summed E-state index contributed by atoms with van der Waals surface area (Å²) in [6.45, 7) is 2.39. The summed E-state index contributed by atoms with van der Waals surface area (Å²) in [5, 5.41) is 4.60. The fourth-order valence-corrected chi connectivity index (χ4v) is 2.59. The Morgan fingerprint density at radius 1 is 0.737 bits per heavy atom. The Morgan fingerprint density at radius 2 is 1.16 bits per heavy atom. The van der Waals surface area contributed by atoms with Gasteiger partial charge in [0.05, 0.1) is 66.1 Å². The van der Waals surface area contributed by atoms with Crippen LogP contribution < -0.4 is 5.32 Å². The number of hydrogen-bond donors (Lipinski definition) is 1. The van der Waals surface area contributed by atoms with Crippen LogP contribution in [0.5, 0.6) is 0 Å². The number of nitrogens with one attached hydrogen (secondary N) is 1. The van der Waals surface area contributed by atoms with Gasteiger partial charge < -0.3 is 33.7 Å². The van der Waals surface area contributed by atoms with Crippen molar-refractivity contribution in [3.63, 3.8) is 0 Å². The predicted molar refractivity (Wildman–Crippen MR) is 123 cm³/mol. The van der Waals surface area contributed by atoms with E-state index in [0.717, 1.165) is 0 Å². The number of carbonyl (C=O) groups excluding carboxylic acids is 2. The molecule has 1 aromatic rings. The van der Waals surface area contributed by atoms with E-state index in [4.69, 9.17) is 45.6 Å². The van der Waals surface area contributed by atoms with Gasteiger partial charge in [-0.2, -0.15) is 0 Å². The van der Waals surface area contributed by atoms with Crippen molar-refractivity contribution in [1.82, 2.24) is 5.32 Å². The van der Waals surface area contributed by atoms with Crippen LogP contribution in [0.2, 0.25) is 0 Å². The maximum Gasteiger partial charge on any atom is 0.320 e. The van der Waals surface area contributed by atoms with E-state index in [1.54, 1.807) is 0 Å². The van der Waals surface area contributed by atoms with Gasteiger partial charge in [0.25, 0.3) is 5.91 Å². The fraction of sp³-hybridized carbons (Fsp3) is 0.619. The van der Waals surface area contributed by atoms with E-state index < -0.39 is 46.4 Å². The van der Waals surface area contributed by atoms with Crippen LogP contribution in [0.25, 0.3) is 10.4 Å². The Balaban J connectivity index is 2.01. The maximum atomic E-state index is 13.9. The lowest BCUT2D eigenvalue weighted by atomic mass is 10.1. The average Bonchev–Trinajstić information content (AvgIpc) is 2.91. The van der Waals surface area contributed by atoms with Gasteiger partial charge in [-0.1, -0.05) is 5.11 Å². The van der Waals surface area contributed by atoms with Gasteiger partial charge in [0.2, 0.25) is 0 Å². The molecule has 0 aliphatic carbocycles. The Bertz CT molecular complexity index is 912. The fourth-order valence-electron chi connectivity index (χ4n) is 2.51. The predicted octanol–water partition coefficient (Wildman–Crippen LogP) is 2.78. The number of amides is 1. The molecule has 1 aromatic carbocycles. The first-order valence-corrected chi connectivity index (χ1v) is 11.7. The molecule has 1 N–H and O–H groups in total. The molecule has 0 aliphatic heterocycles. The monoisotopic (exact) mass is 574 g/mol. The quantitative estimate of drug-likeness (QED) is 0.0344. The molecule has 0 atom stereocenters. The molecule has 0 spiro atoms. The average molecular weight is 575 g/mol. The zero-order valence-corrected chi connectivity index (χ0v) is 20.9. The number of halogens is 5. The minimum absolute atomic E-state index is 0.0732. The van der Waals surface area contributed by atoms with E-state index in [9.17, 15) is 27.2 Å². The van der Waals surface area contributed by atoms with Crippen molar-refractivity contribution < 1.29 is 55.6 Å². The highest BCUT2D eigenvalue weighted by Gasteiger charge is 2.28. The zero-order chi connectivity index (χ0) is 28.2. The van der Waals surface area contributed by atoms with Crippen LogP contribution in [-0.4, -0.2) is 97.0 Å². The topological polar surface area (TPSA) is 150 Å². The molecule has 0 bridgehead atoms. The van der Waals surface area contributed by atoms with Crippen LogP contribution >= 0.6 is 11.6 Å². The summed E-state index contributed by atoms with van der Waals surface area (Å²) in [7, 11) is 0. The Labute approximate surface area is 220 Å². The summed E-state index contributed by atoms with van der Waals surface area (Å²) in [6.07, 6.45) is 0. The van der Waals surface area contributed by atoms with E-state index in [2.05, 4.69) is 15.3 Å². The first-order chi connectivity index (χ1) is 18.3. The second kappa shape index (κ2) is 20.3. The van der Waals surface area contributed by atoms with Crippen molar-refractivity contribution in [3.8, 4) is 0 Å². The van der Waals surface area contributed by atoms with Crippen LogP contribution in [0.15, 0.2) is 5.11 Å². The molecule has 1 amide bonds. The molecule has 0 saturated heterocycles. The largest absolute Gasteiger partial charge is 0.462 e. The van der Waals surface area contributed by atoms with E-state index in [1.807, 2.05) is 0 Å². The number of carbonyl (C=O) groups is 2. The Hall–Kier alpha value is -2.72. The number of alkyl halides is 1. The van der Waals surface area contributed by atoms with Crippen molar-refractivity contribution in [2.75, 3.05) is 85.1 Å². The summed E-state index contributed by atoms with van der Waals surface area (Å²) in [5.74, 6) is -10.1. The molecule has 0 unspecified atom stereocenters. The lowest BCUT2D eigenvalue weighted by Crippen LogP contribution is -2.30. The Morgan fingerprint density at radius 3 is 1.58 bits per heavy atom. The van der Waals surface area contributed by atoms with Crippen LogP contribution in [0.1, 0.15) is 10.4 Å². The zero-order valence-electron chi connectivity index (χ0n) is 20.2. The van der Waals surface area contributed by atoms with Crippen LogP contribution in [0.4, 0.5) is 23.2 Å². The summed E-state index contributed by atoms with van der Waals surface area (Å²) in [6, 6.07) is 0. The molecule has 0 aromatic heterocycles. The number of ether oxygens (including phenoxy) is 6.